The van der Waals surface area contributed by atoms with E-state index in [-0.39, 0.29) is 0 Å². The van der Waals surface area contributed by atoms with Gasteiger partial charge in [0.1, 0.15) is 6.61 Å². The monoisotopic (exact) mass is 505 g/mol. The van der Waals surface area contributed by atoms with Gasteiger partial charge < -0.3 is 25.8 Å². The highest BCUT2D eigenvalue weighted by molar-refractivity contribution is 7.80. The van der Waals surface area contributed by atoms with E-state index in [4.69, 9.17) is 27.4 Å². The van der Waals surface area contributed by atoms with Crippen LogP contribution in [0.4, 0.5) is 0 Å². The van der Waals surface area contributed by atoms with Gasteiger partial charge in [-0.15, -0.1) is 0 Å². The highest BCUT2D eigenvalue weighted by Gasteiger charge is 2.06. The van der Waals surface area contributed by atoms with Gasteiger partial charge in [-0.05, 0) is 49.0 Å². The molecule has 35 heavy (non-hydrogen) atoms. The molecule has 5 nitrogen and oxygen atoms in total. The summed E-state index contributed by atoms with van der Waals surface area (Å²) in [6, 6.07) is 5.85. The van der Waals surface area contributed by atoms with Crippen LogP contribution in [0.1, 0.15) is 109 Å². The molecule has 0 spiro atoms. The van der Waals surface area contributed by atoms with Gasteiger partial charge in [-0.3, -0.25) is 0 Å². The number of rotatable bonds is 22. The summed E-state index contributed by atoms with van der Waals surface area (Å²) in [5.74, 6) is 1.40. The van der Waals surface area contributed by atoms with Crippen molar-refractivity contribution < 1.29 is 9.47 Å². The van der Waals surface area contributed by atoms with Gasteiger partial charge in [-0.1, -0.05) is 103 Å². The zero-order valence-corrected chi connectivity index (χ0v) is 23.2. The Bertz CT molecular complexity index is 682. The van der Waals surface area contributed by atoms with Crippen LogP contribution in [-0.2, 0) is 6.54 Å². The first-order chi connectivity index (χ1) is 17.2. The third-order valence-corrected chi connectivity index (χ3v) is 6.38. The average molecular weight is 506 g/mol. The van der Waals surface area contributed by atoms with Crippen molar-refractivity contribution in [3.63, 3.8) is 0 Å². The normalized spacial score (nSPS) is 11.1. The second-order valence-electron chi connectivity index (χ2n) is 9.24. The molecule has 0 aliphatic rings. The number of methoxy groups -OCH3 is 1. The molecular weight excluding hydrogens is 454 g/mol. The predicted molar refractivity (Wildman–Crippen MR) is 154 cm³/mol. The Hall–Kier alpha value is -1.79. The van der Waals surface area contributed by atoms with Gasteiger partial charge in [0.15, 0.2) is 16.6 Å². The van der Waals surface area contributed by atoms with Gasteiger partial charge in [0, 0.05) is 13.1 Å². The van der Waals surface area contributed by atoms with Gasteiger partial charge in [0.2, 0.25) is 0 Å². The molecule has 1 aromatic carbocycles. The average Bonchev–Trinajstić information content (AvgIpc) is 2.88. The van der Waals surface area contributed by atoms with Crippen molar-refractivity contribution in [2.45, 2.75) is 110 Å². The fourth-order valence-electron chi connectivity index (χ4n) is 4.02. The van der Waals surface area contributed by atoms with E-state index in [1.807, 2.05) is 24.4 Å². The van der Waals surface area contributed by atoms with Crippen molar-refractivity contribution in [3.8, 4) is 11.5 Å². The molecule has 0 bridgehead atoms. The number of allylic oxidation sites excluding steroid dienone is 1. The lowest BCUT2D eigenvalue weighted by Gasteiger charge is -2.12. The van der Waals surface area contributed by atoms with Gasteiger partial charge in [-0.2, -0.15) is 0 Å². The van der Waals surface area contributed by atoms with E-state index in [9.17, 15) is 0 Å². The molecule has 0 aliphatic heterocycles. The second kappa shape index (κ2) is 22.7. The largest absolute Gasteiger partial charge is 0.493 e. The zero-order valence-electron chi connectivity index (χ0n) is 22.4. The number of ether oxygens (including phenoxy) is 2. The summed E-state index contributed by atoms with van der Waals surface area (Å²) in [6.07, 6.45) is 24.7. The predicted octanol–water partition coefficient (Wildman–Crippen LogP) is 7.38. The smallest absolute Gasteiger partial charge is 0.170 e. The van der Waals surface area contributed by atoms with E-state index in [0.717, 1.165) is 12.0 Å². The summed E-state index contributed by atoms with van der Waals surface area (Å²) in [6.45, 7) is 3.84. The molecule has 0 saturated heterocycles. The Balaban J connectivity index is 1.98. The lowest BCUT2D eigenvalue weighted by molar-refractivity contribution is 0.302. The number of nitrogens with one attached hydrogen (secondary N) is 2. The lowest BCUT2D eigenvalue weighted by atomic mass is 10.0. The van der Waals surface area contributed by atoms with Gasteiger partial charge in [-0.25, -0.2) is 0 Å². The third kappa shape index (κ3) is 17.3. The maximum absolute atomic E-state index is 5.58. The molecule has 200 valence electrons. The summed E-state index contributed by atoms with van der Waals surface area (Å²) < 4.78 is 11.0. The second-order valence-corrected chi connectivity index (χ2v) is 9.64. The Morgan fingerprint density at radius 2 is 1.49 bits per heavy atom. The van der Waals surface area contributed by atoms with Crippen molar-refractivity contribution in [1.29, 1.82) is 0 Å². The van der Waals surface area contributed by atoms with E-state index in [2.05, 4.69) is 23.6 Å². The standard InChI is InChI=1S/C29H51N3O2S/c1-3-4-5-6-7-8-9-10-11-12-13-14-15-16-17-18-22-31-29(35)32-25-26-19-20-27(34-23-21-30)28(24-26)33-2/h18-20,22,24H,3-17,21,23,25,30H2,1-2H3,(H2,31,32,35)/b22-18+. The molecule has 1 rings (SSSR count). The summed E-state index contributed by atoms with van der Waals surface area (Å²) in [5.41, 5.74) is 6.56. The molecule has 0 aromatic heterocycles. The van der Waals surface area contributed by atoms with Crippen LogP contribution in [0, 0.1) is 0 Å². The van der Waals surface area contributed by atoms with Crippen LogP contribution in [0.2, 0.25) is 0 Å². The Kier molecular flexibility index (Phi) is 20.2. The Morgan fingerprint density at radius 3 is 2.06 bits per heavy atom. The Morgan fingerprint density at radius 1 is 0.886 bits per heavy atom. The summed E-state index contributed by atoms with van der Waals surface area (Å²) in [5, 5.41) is 6.98. The molecule has 0 fully saturated rings. The number of unbranched alkanes of at least 4 members (excludes halogenated alkanes) is 14. The van der Waals surface area contributed by atoms with Crippen molar-refractivity contribution in [1.82, 2.24) is 10.6 Å². The maximum atomic E-state index is 5.58. The van der Waals surface area contributed by atoms with E-state index < -0.39 is 0 Å². The van der Waals surface area contributed by atoms with E-state index in [1.54, 1.807) is 7.11 Å². The molecule has 0 heterocycles. The van der Waals surface area contributed by atoms with Crippen molar-refractivity contribution in [2.75, 3.05) is 20.3 Å². The van der Waals surface area contributed by atoms with E-state index >= 15 is 0 Å². The van der Waals surface area contributed by atoms with Crippen LogP contribution in [0.5, 0.6) is 11.5 Å². The fraction of sp³-hybridized carbons (Fsp3) is 0.690. The molecule has 4 N–H and O–H groups in total. The number of benzene rings is 1. The lowest BCUT2D eigenvalue weighted by Crippen LogP contribution is -2.31. The maximum Gasteiger partial charge on any atom is 0.170 e. The van der Waals surface area contributed by atoms with Crippen LogP contribution in [-0.4, -0.2) is 25.4 Å². The number of nitrogens with two attached hydrogens (primary N) is 1. The molecule has 0 radical (unpaired) electrons. The van der Waals surface area contributed by atoms with E-state index in [1.165, 1.54) is 89.9 Å². The van der Waals surface area contributed by atoms with Gasteiger partial charge in [0.05, 0.1) is 7.11 Å². The number of thiocarbonyl (C=S) groups is 1. The van der Waals surface area contributed by atoms with Crippen LogP contribution >= 0.6 is 12.2 Å². The first kappa shape index (κ1) is 31.2. The fourth-order valence-corrected chi connectivity index (χ4v) is 4.16. The topological polar surface area (TPSA) is 68.5 Å². The number of hydrogen-bond acceptors (Lipinski definition) is 4. The molecule has 0 saturated carbocycles. The van der Waals surface area contributed by atoms with Crippen LogP contribution < -0.4 is 25.8 Å². The van der Waals surface area contributed by atoms with E-state index in [0.29, 0.717) is 36.3 Å². The third-order valence-electron chi connectivity index (χ3n) is 6.11. The van der Waals surface area contributed by atoms with Crippen molar-refractivity contribution >= 4 is 17.3 Å². The minimum absolute atomic E-state index is 0.466. The molecule has 6 heteroatoms. The minimum Gasteiger partial charge on any atom is -0.493 e. The summed E-state index contributed by atoms with van der Waals surface area (Å²) in [7, 11) is 1.64. The highest BCUT2D eigenvalue weighted by atomic mass is 32.1. The summed E-state index contributed by atoms with van der Waals surface area (Å²) in [4.78, 5) is 0. The summed E-state index contributed by atoms with van der Waals surface area (Å²) >= 11 is 5.36. The zero-order chi connectivity index (χ0) is 25.4. The molecule has 0 unspecified atom stereocenters. The van der Waals surface area contributed by atoms with Gasteiger partial charge in [0.25, 0.3) is 0 Å². The number of hydrogen-bond donors (Lipinski definition) is 3. The van der Waals surface area contributed by atoms with Crippen molar-refractivity contribution in [2.24, 2.45) is 5.73 Å². The molecule has 0 atom stereocenters. The SMILES string of the molecule is CCCCCCCCCCCCCCCC/C=C/NC(=S)NCc1ccc(OCCN)c(OC)c1. The van der Waals surface area contributed by atoms with Gasteiger partial charge >= 0.3 is 0 Å². The molecule has 1 aromatic rings. The molecular formula is C29H51N3O2S. The van der Waals surface area contributed by atoms with Crippen LogP contribution in [0.15, 0.2) is 30.5 Å². The van der Waals surface area contributed by atoms with Crippen LogP contribution in [0.3, 0.4) is 0 Å². The quantitative estimate of drug-likeness (QED) is 0.113. The molecule has 0 amide bonds. The van der Waals surface area contributed by atoms with Crippen molar-refractivity contribution in [3.05, 3.63) is 36.0 Å². The highest BCUT2D eigenvalue weighted by Crippen LogP contribution is 2.27. The first-order valence-electron chi connectivity index (χ1n) is 13.9. The minimum atomic E-state index is 0.466. The van der Waals surface area contributed by atoms with Crippen LogP contribution in [0.25, 0.3) is 0 Å². The first-order valence-corrected chi connectivity index (χ1v) is 14.3. The molecule has 0 aliphatic carbocycles. The Labute approximate surface area is 220 Å².